The molecule has 1 heterocycles. The quantitative estimate of drug-likeness (QED) is 0.869. The van der Waals surface area contributed by atoms with Gasteiger partial charge in [0.15, 0.2) is 0 Å². The zero-order chi connectivity index (χ0) is 13.1. The summed E-state index contributed by atoms with van der Waals surface area (Å²) in [5.41, 5.74) is 9.87. The van der Waals surface area contributed by atoms with E-state index in [-0.39, 0.29) is 0 Å². The molecule has 0 spiro atoms. The number of nitrogen functional groups attached to an aromatic ring is 1. The van der Waals surface area contributed by atoms with Gasteiger partial charge in [0.2, 0.25) is 0 Å². The van der Waals surface area contributed by atoms with E-state index in [9.17, 15) is 5.11 Å². The predicted molar refractivity (Wildman–Crippen MR) is 73.2 cm³/mol. The topological polar surface area (TPSA) is 59.1 Å². The Kier molecular flexibility index (Phi) is 3.63. The van der Waals surface area contributed by atoms with Gasteiger partial charge in [-0.2, -0.15) is 0 Å². The number of hydrogen-bond donors (Lipinski definition) is 2. The summed E-state index contributed by atoms with van der Waals surface area (Å²) in [6, 6.07) is 9.76. The van der Waals surface area contributed by atoms with Gasteiger partial charge in [-0.25, -0.2) is 4.98 Å². The number of aryl methyl sites for hydroxylation is 2. The van der Waals surface area contributed by atoms with E-state index in [1.165, 1.54) is 0 Å². The van der Waals surface area contributed by atoms with Gasteiger partial charge in [0.05, 0.1) is 6.10 Å². The maximum atomic E-state index is 10.4. The largest absolute Gasteiger partial charge is 0.388 e. The van der Waals surface area contributed by atoms with Crippen molar-refractivity contribution in [2.45, 2.75) is 26.4 Å². The van der Waals surface area contributed by atoms with Crippen molar-refractivity contribution in [2.75, 3.05) is 5.73 Å². The number of benzene rings is 1. The van der Waals surface area contributed by atoms with Crippen LogP contribution in [0.1, 0.15) is 28.4 Å². The molecule has 0 aliphatic rings. The van der Waals surface area contributed by atoms with Crippen molar-refractivity contribution in [1.82, 2.24) is 4.98 Å². The van der Waals surface area contributed by atoms with Gasteiger partial charge in [0.25, 0.3) is 0 Å². The second-order valence-corrected chi connectivity index (χ2v) is 4.57. The van der Waals surface area contributed by atoms with Crippen LogP contribution in [0.3, 0.4) is 0 Å². The molecule has 3 heteroatoms. The lowest BCUT2D eigenvalue weighted by molar-refractivity contribution is 0.177. The SMILES string of the molecule is Cc1cccc(C)c1C(O)Cc1cccnc1N. The average Bonchev–Trinajstić information content (AvgIpc) is 2.32. The normalized spacial score (nSPS) is 12.4. The summed E-state index contributed by atoms with van der Waals surface area (Å²) in [6.45, 7) is 4.02. The molecule has 0 amide bonds. The molecular formula is C15H18N2O. The highest BCUT2D eigenvalue weighted by molar-refractivity contribution is 5.41. The van der Waals surface area contributed by atoms with Crippen LogP contribution in [0.5, 0.6) is 0 Å². The maximum Gasteiger partial charge on any atom is 0.126 e. The number of aliphatic hydroxyl groups is 1. The third-order valence-electron chi connectivity index (χ3n) is 3.21. The number of nitrogens with two attached hydrogens (primary N) is 1. The molecule has 18 heavy (non-hydrogen) atoms. The number of aromatic nitrogens is 1. The lowest BCUT2D eigenvalue weighted by atomic mass is 9.94. The highest BCUT2D eigenvalue weighted by Gasteiger charge is 2.14. The van der Waals surface area contributed by atoms with Crippen molar-refractivity contribution in [2.24, 2.45) is 0 Å². The molecule has 3 N–H and O–H groups in total. The van der Waals surface area contributed by atoms with Crippen molar-refractivity contribution >= 4 is 5.82 Å². The van der Waals surface area contributed by atoms with Crippen LogP contribution in [0.2, 0.25) is 0 Å². The molecule has 1 aromatic carbocycles. The van der Waals surface area contributed by atoms with Gasteiger partial charge < -0.3 is 10.8 Å². The Hall–Kier alpha value is -1.87. The molecule has 1 aromatic heterocycles. The summed E-state index contributed by atoms with van der Waals surface area (Å²) in [6.07, 6.45) is 1.60. The Bertz CT molecular complexity index is 532. The zero-order valence-corrected chi connectivity index (χ0v) is 10.7. The second kappa shape index (κ2) is 5.19. The molecule has 0 aliphatic heterocycles. The summed E-state index contributed by atoms with van der Waals surface area (Å²) in [4.78, 5) is 4.04. The Labute approximate surface area is 107 Å². The van der Waals surface area contributed by atoms with E-state index in [0.29, 0.717) is 12.2 Å². The predicted octanol–water partition coefficient (Wildman–Crippen LogP) is 2.56. The van der Waals surface area contributed by atoms with Gasteiger partial charge in [0, 0.05) is 12.6 Å². The minimum absolute atomic E-state index is 0.489. The number of rotatable bonds is 3. The Morgan fingerprint density at radius 3 is 2.44 bits per heavy atom. The van der Waals surface area contributed by atoms with Gasteiger partial charge in [0.1, 0.15) is 5.82 Å². The van der Waals surface area contributed by atoms with Crippen molar-refractivity contribution in [1.29, 1.82) is 0 Å². The van der Waals surface area contributed by atoms with Crippen LogP contribution >= 0.6 is 0 Å². The van der Waals surface area contributed by atoms with E-state index in [1.807, 2.05) is 44.2 Å². The standard InChI is InChI=1S/C15H18N2O/c1-10-5-3-6-11(2)14(10)13(18)9-12-7-4-8-17-15(12)16/h3-8,13,18H,9H2,1-2H3,(H2,16,17). The number of pyridine rings is 1. The van der Waals surface area contributed by atoms with Gasteiger partial charge in [-0.1, -0.05) is 24.3 Å². The highest BCUT2D eigenvalue weighted by Crippen LogP contribution is 2.26. The summed E-state index contributed by atoms with van der Waals surface area (Å²) < 4.78 is 0. The van der Waals surface area contributed by atoms with Crippen LogP contribution in [0.25, 0.3) is 0 Å². The Morgan fingerprint density at radius 2 is 1.83 bits per heavy atom. The van der Waals surface area contributed by atoms with Crippen molar-refractivity contribution in [3.8, 4) is 0 Å². The minimum Gasteiger partial charge on any atom is -0.388 e. The number of hydrogen-bond acceptors (Lipinski definition) is 3. The first kappa shape index (κ1) is 12.6. The lowest BCUT2D eigenvalue weighted by Crippen LogP contribution is -2.08. The molecule has 0 saturated heterocycles. The molecule has 3 nitrogen and oxygen atoms in total. The van der Waals surface area contributed by atoms with Crippen LogP contribution in [0.15, 0.2) is 36.5 Å². The van der Waals surface area contributed by atoms with E-state index >= 15 is 0 Å². The molecule has 0 aliphatic carbocycles. The summed E-state index contributed by atoms with van der Waals surface area (Å²) >= 11 is 0. The van der Waals surface area contributed by atoms with Crippen LogP contribution in [-0.2, 0) is 6.42 Å². The molecule has 2 rings (SSSR count). The van der Waals surface area contributed by atoms with Gasteiger partial charge >= 0.3 is 0 Å². The number of nitrogens with zero attached hydrogens (tertiary/aromatic N) is 1. The third kappa shape index (κ3) is 2.51. The molecule has 1 unspecified atom stereocenters. The zero-order valence-electron chi connectivity index (χ0n) is 10.7. The fourth-order valence-electron chi connectivity index (χ4n) is 2.29. The molecule has 0 fully saturated rings. The summed E-state index contributed by atoms with van der Waals surface area (Å²) in [7, 11) is 0. The first-order valence-corrected chi connectivity index (χ1v) is 6.03. The summed E-state index contributed by atoms with van der Waals surface area (Å²) in [5.74, 6) is 0.489. The molecule has 94 valence electrons. The van der Waals surface area contributed by atoms with Gasteiger partial charge in [-0.15, -0.1) is 0 Å². The van der Waals surface area contributed by atoms with Crippen molar-refractivity contribution in [3.63, 3.8) is 0 Å². The molecular weight excluding hydrogens is 224 g/mol. The number of anilines is 1. The van der Waals surface area contributed by atoms with Crippen LogP contribution in [0, 0.1) is 13.8 Å². The Balaban J connectivity index is 2.28. The second-order valence-electron chi connectivity index (χ2n) is 4.57. The highest BCUT2D eigenvalue weighted by atomic mass is 16.3. The first-order chi connectivity index (χ1) is 8.59. The molecule has 0 bridgehead atoms. The van der Waals surface area contributed by atoms with E-state index in [4.69, 9.17) is 5.73 Å². The number of aliphatic hydroxyl groups excluding tert-OH is 1. The van der Waals surface area contributed by atoms with E-state index in [1.54, 1.807) is 6.20 Å². The van der Waals surface area contributed by atoms with Crippen LogP contribution in [0.4, 0.5) is 5.82 Å². The fourth-order valence-corrected chi connectivity index (χ4v) is 2.29. The molecule has 0 radical (unpaired) electrons. The van der Waals surface area contributed by atoms with Crippen molar-refractivity contribution in [3.05, 3.63) is 58.8 Å². The van der Waals surface area contributed by atoms with E-state index < -0.39 is 6.10 Å². The maximum absolute atomic E-state index is 10.4. The average molecular weight is 242 g/mol. The monoisotopic (exact) mass is 242 g/mol. The fraction of sp³-hybridized carbons (Fsp3) is 0.267. The smallest absolute Gasteiger partial charge is 0.126 e. The molecule has 0 saturated carbocycles. The van der Waals surface area contributed by atoms with Gasteiger partial charge in [-0.05, 0) is 42.2 Å². The van der Waals surface area contributed by atoms with Crippen molar-refractivity contribution < 1.29 is 5.11 Å². The van der Waals surface area contributed by atoms with Crippen LogP contribution < -0.4 is 5.73 Å². The Morgan fingerprint density at radius 1 is 1.17 bits per heavy atom. The van der Waals surface area contributed by atoms with E-state index in [0.717, 1.165) is 22.3 Å². The van der Waals surface area contributed by atoms with Crippen LogP contribution in [-0.4, -0.2) is 10.1 Å². The third-order valence-corrected chi connectivity index (χ3v) is 3.21. The lowest BCUT2D eigenvalue weighted by Gasteiger charge is -2.17. The summed E-state index contributed by atoms with van der Waals surface area (Å²) in [5, 5.41) is 10.4. The first-order valence-electron chi connectivity index (χ1n) is 6.03. The molecule has 2 aromatic rings. The van der Waals surface area contributed by atoms with E-state index in [2.05, 4.69) is 4.98 Å². The molecule has 1 atom stereocenters. The minimum atomic E-state index is -0.544. The van der Waals surface area contributed by atoms with Gasteiger partial charge in [-0.3, -0.25) is 0 Å².